The molecule has 0 atom stereocenters. The second-order valence-electron chi connectivity index (χ2n) is 6.27. The number of hydrogen-bond donors (Lipinski definition) is 1. The van der Waals surface area contributed by atoms with Gasteiger partial charge in [-0.25, -0.2) is 0 Å². The van der Waals surface area contributed by atoms with Crippen molar-refractivity contribution >= 4 is 17.7 Å². The fraction of sp³-hybridized carbons (Fsp3) is 0.286. The van der Waals surface area contributed by atoms with Crippen molar-refractivity contribution in [2.75, 3.05) is 20.3 Å². The number of hydrogen-bond acceptors (Lipinski definition) is 5. The van der Waals surface area contributed by atoms with E-state index < -0.39 is 11.9 Å². The van der Waals surface area contributed by atoms with Crippen LogP contribution >= 0.6 is 0 Å². The molecule has 0 spiro atoms. The summed E-state index contributed by atoms with van der Waals surface area (Å²) >= 11 is 0. The van der Waals surface area contributed by atoms with Crippen LogP contribution in [-0.2, 0) is 9.53 Å². The summed E-state index contributed by atoms with van der Waals surface area (Å²) in [5, 5.41) is 2.45. The lowest BCUT2D eigenvalue weighted by molar-refractivity contribution is -0.141. The Morgan fingerprint density at radius 3 is 2.07 bits per heavy atom. The Balaban J connectivity index is 1.78. The summed E-state index contributed by atoms with van der Waals surface area (Å²) in [4.78, 5) is 35.8. The van der Waals surface area contributed by atoms with Crippen molar-refractivity contribution in [3.8, 4) is 5.75 Å². The van der Waals surface area contributed by atoms with Crippen molar-refractivity contribution in [3.63, 3.8) is 0 Å². The average molecular weight is 369 g/mol. The molecule has 6 nitrogen and oxygen atoms in total. The maximum atomic E-state index is 12.1. The highest BCUT2D eigenvalue weighted by atomic mass is 16.5. The first-order valence-corrected chi connectivity index (χ1v) is 8.61. The highest BCUT2D eigenvalue weighted by Crippen LogP contribution is 2.15. The summed E-state index contributed by atoms with van der Waals surface area (Å²) in [6, 6.07) is 13.7. The van der Waals surface area contributed by atoms with Crippen LogP contribution in [0.3, 0.4) is 0 Å². The lowest BCUT2D eigenvalue weighted by Gasteiger charge is -2.08. The zero-order chi connectivity index (χ0) is 19.8. The molecule has 0 aliphatic carbocycles. The van der Waals surface area contributed by atoms with Crippen LogP contribution in [0, 0.1) is 0 Å². The second kappa shape index (κ2) is 9.52. The van der Waals surface area contributed by atoms with Crippen LogP contribution in [0.2, 0.25) is 0 Å². The molecule has 142 valence electrons. The van der Waals surface area contributed by atoms with Gasteiger partial charge in [0, 0.05) is 11.1 Å². The van der Waals surface area contributed by atoms with Crippen LogP contribution in [0.25, 0.3) is 0 Å². The maximum Gasteiger partial charge on any atom is 0.325 e. The molecule has 0 aliphatic rings. The Morgan fingerprint density at radius 1 is 0.926 bits per heavy atom. The summed E-state index contributed by atoms with van der Waals surface area (Å²) in [5.74, 6) is -0.374. The standard InChI is InChI=1S/C21H23NO5/c1-14(2)15-4-6-16(7-5-15)19(23)13-27-20(24)12-22-21(25)17-8-10-18(26-3)11-9-17/h4-11,14H,12-13H2,1-3H3,(H,22,25). The number of ether oxygens (including phenoxy) is 2. The predicted octanol–water partition coefficient (Wildman–Crippen LogP) is 2.97. The molecule has 27 heavy (non-hydrogen) atoms. The van der Waals surface area contributed by atoms with Gasteiger partial charge in [0.15, 0.2) is 12.4 Å². The van der Waals surface area contributed by atoms with Crippen molar-refractivity contribution in [2.45, 2.75) is 19.8 Å². The Hall–Kier alpha value is -3.15. The van der Waals surface area contributed by atoms with E-state index in [4.69, 9.17) is 9.47 Å². The number of Topliss-reactive ketones (excluding diaryl/α,β-unsaturated/α-hetero) is 1. The molecule has 0 unspecified atom stereocenters. The fourth-order valence-electron chi connectivity index (χ4n) is 2.33. The normalized spacial score (nSPS) is 10.4. The SMILES string of the molecule is COc1ccc(C(=O)NCC(=O)OCC(=O)c2ccc(C(C)C)cc2)cc1. The van der Waals surface area contributed by atoms with Crippen molar-refractivity contribution in [2.24, 2.45) is 0 Å². The third-order valence-electron chi connectivity index (χ3n) is 4.01. The van der Waals surface area contributed by atoms with Gasteiger partial charge in [0.2, 0.25) is 0 Å². The zero-order valence-corrected chi connectivity index (χ0v) is 15.7. The van der Waals surface area contributed by atoms with Gasteiger partial charge in [-0.05, 0) is 35.7 Å². The van der Waals surface area contributed by atoms with Gasteiger partial charge < -0.3 is 14.8 Å². The summed E-state index contributed by atoms with van der Waals surface area (Å²) < 4.78 is 9.95. The number of ketones is 1. The van der Waals surface area contributed by atoms with E-state index in [2.05, 4.69) is 19.2 Å². The lowest BCUT2D eigenvalue weighted by atomic mass is 10.0. The average Bonchev–Trinajstić information content (AvgIpc) is 2.70. The van der Waals surface area contributed by atoms with Gasteiger partial charge in [0.1, 0.15) is 12.3 Å². The van der Waals surface area contributed by atoms with Crippen molar-refractivity contribution in [1.29, 1.82) is 0 Å². The van der Waals surface area contributed by atoms with Crippen molar-refractivity contribution < 1.29 is 23.9 Å². The highest BCUT2D eigenvalue weighted by Gasteiger charge is 2.12. The van der Waals surface area contributed by atoms with E-state index in [1.165, 1.54) is 7.11 Å². The molecule has 2 aromatic rings. The van der Waals surface area contributed by atoms with E-state index in [9.17, 15) is 14.4 Å². The van der Waals surface area contributed by atoms with Gasteiger partial charge in [-0.1, -0.05) is 38.1 Å². The molecule has 0 bridgehead atoms. The third-order valence-corrected chi connectivity index (χ3v) is 4.01. The van der Waals surface area contributed by atoms with Crippen LogP contribution in [0.1, 0.15) is 46.0 Å². The van der Waals surface area contributed by atoms with E-state index in [1.807, 2.05) is 12.1 Å². The lowest BCUT2D eigenvalue weighted by Crippen LogP contribution is -2.31. The van der Waals surface area contributed by atoms with Crippen LogP contribution in [0.4, 0.5) is 0 Å². The van der Waals surface area contributed by atoms with Gasteiger partial charge in [-0.15, -0.1) is 0 Å². The molecule has 0 saturated carbocycles. The van der Waals surface area contributed by atoms with Gasteiger partial charge >= 0.3 is 5.97 Å². The number of rotatable bonds is 8. The summed E-state index contributed by atoms with van der Waals surface area (Å²) in [5.41, 5.74) is 2.00. The quantitative estimate of drug-likeness (QED) is 0.571. The summed E-state index contributed by atoms with van der Waals surface area (Å²) in [6.45, 7) is 3.46. The molecule has 2 rings (SSSR count). The summed E-state index contributed by atoms with van der Waals surface area (Å²) in [7, 11) is 1.53. The van der Waals surface area contributed by atoms with Gasteiger partial charge in [0.25, 0.3) is 5.91 Å². The fourth-order valence-corrected chi connectivity index (χ4v) is 2.33. The number of methoxy groups -OCH3 is 1. The topological polar surface area (TPSA) is 81.7 Å². The largest absolute Gasteiger partial charge is 0.497 e. The Labute approximate surface area is 158 Å². The Kier molecular flexibility index (Phi) is 7.11. The smallest absolute Gasteiger partial charge is 0.325 e. The minimum Gasteiger partial charge on any atom is -0.497 e. The Bertz CT molecular complexity index is 794. The number of esters is 1. The number of carbonyl (C=O) groups is 3. The van der Waals surface area contributed by atoms with Crippen LogP contribution in [-0.4, -0.2) is 37.9 Å². The van der Waals surface area contributed by atoms with E-state index in [0.29, 0.717) is 22.8 Å². The zero-order valence-electron chi connectivity index (χ0n) is 15.7. The molecule has 0 fully saturated rings. The maximum absolute atomic E-state index is 12.1. The number of benzene rings is 2. The molecule has 0 aliphatic heterocycles. The minimum atomic E-state index is -0.677. The van der Waals surface area contributed by atoms with E-state index >= 15 is 0 Å². The molecule has 1 amide bonds. The first-order chi connectivity index (χ1) is 12.9. The van der Waals surface area contributed by atoms with Gasteiger partial charge in [-0.3, -0.25) is 14.4 Å². The molecule has 6 heteroatoms. The van der Waals surface area contributed by atoms with Crippen LogP contribution in [0.5, 0.6) is 5.75 Å². The molecule has 0 radical (unpaired) electrons. The molecule has 0 heterocycles. The summed E-state index contributed by atoms with van der Waals surface area (Å²) in [6.07, 6.45) is 0. The van der Waals surface area contributed by atoms with Crippen molar-refractivity contribution in [3.05, 3.63) is 65.2 Å². The number of nitrogens with one attached hydrogen (secondary N) is 1. The molecule has 0 aromatic heterocycles. The van der Waals surface area contributed by atoms with Crippen molar-refractivity contribution in [1.82, 2.24) is 5.32 Å². The molecule has 1 N–H and O–H groups in total. The predicted molar refractivity (Wildman–Crippen MR) is 101 cm³/mol. The van der Waals surface area contributed by atoms with Gasteiger partial charge in [0.05, 0.1) is 7.11 Å². The monoisotopic (exact) mass is 369 g/mol. The first kappa shape index (κ1) is 20.2. The molecule has 0 saturated heterocycles. The second-order valence-corrected chi connectivity index (χ2v) is 6.27. The highest BCUT2D eigenvalue weighted by molar-refractivity contribution is 5.98. The first-order valence-electron chi connectivity index (χ1n) is 8.61. The number of amides is 1. The Morgan fingerprint density at radius 2 is 1.52 bits per heavy atom. The molecular formula is C21H23NO5. The van der Waals surface area contributed by atoms with Crippen LogP contribution in [0.15, 0.2) is 48.5 Å². The van der Waals surface area contributed by atoms with Crippen LogP contribution < -0.4 is 10.1 Å². The van der Waals surface area contributed by atoms with E-state index in [0.717, 1.165) is 5.56 Å². The number of carbonyl (C=O) groups excluding carboxylic acids is 3. The molecular weight excluding hydrogens is 346 g/mol. The third kappa shape index (κ3) is 5.95. The van der Waals surface area contributed by atoms with Gasteiger partial charge in [-0.2, -0.15) is 0 Å². The minimum absolute atomic E-state index is 0.292. The molecule has 2 aromatic carbocycles. The van der Waals surface area contributed by atoms with E-state index in [1.54, 1.807) is 36.4 Å². The van der Waals surface area contributed by atoms with E-state index in [-0.39, 0.29) is 18.9 Å².